The first-order valence-corrected chi connectivity index (χ1v) is 11.6. The number of aromatic nitrogens is 1. The first-order chi connectivity index (χ1) is 16.5. The molecule has 2 N–H and O–H groups in total. The number of anilines is 2. The van der Waals surface area contributed by atoms with Gasteiger partial charge in [0.05, 0.1) is 11.6 Å². The Morgan fingerprint density at radius 3 is 2.35 bits per heavy atom. The number of benzene rings is 3. The van der Waals surface area contributed by atoms with Gasteiger partial charge in [0.1, 0.15) is 17.3 Å². The average molecular weight is 474 g/mol. The Morgan fingerprint density at radius 2 is 1.62 bits per heavy atom. The van der Waals surface area contributed by atoms with Crippen LogP contribution in [0.1, 0.15) is 33.3 Å². The van der Waals surface area contributed by atoms with Crippen molar-refractivity contribution in [1.29, 1.82) is 0 Å². The SMILES string of the molecule is O=C(Nc1nc2c(s1)CCC2C(=O)Nc1ccc(Oc2ccccc2)cc1)c1ccc(F)cc1. The fourth-order valence-corrected chi connectivity index (χ4v) is 4.80. The number of hydrogen-bond donors (Lipinski definition) is 2. The molecule has 8 heteroatoms. The lowest BCUT2D eigenvalue weighted by Crippen LogP contribution is -2.20. The Morgan fingerprint density at radius 1 is 0.912 bits per heavy atom. The van der Waals surface area contributed by atoms with Gasteiger partial charge in [-0.15, -0.1) is 11.3 Å². The van der Waals surface area contributed by atoms with Gasteiger partial charge in [0.2, 0.25) is 5.91 Å². The molecule has 0 saturated heterocycles. The van der Waals surface area contributed by atoms with Crippen molar-refractivity contribution in [3.8, 4) is 11.5 Å². The molecule has 0 aliphatic heterocycles. The number of ether oxygens (including phenoxy) is 1. The fourth-order valence-electron chi connectivity index (χ4n) is 3.77. The second kappa shape index (κ2) is 9.44. The molecule has 5 rings (SSSR count). The van der Waals surface area contributed by atoms with E-state index in [1.807, 2.05) is 30.3 Å². The zero-order valence-electron chi connectivity index (χ0n) is 18.0. The molecular formula is C26H20FN3O3S. The number of nitrogens with one attached hydrogen (secondary N) is 2. The number of rotatable bonds is 6. The van der Waals surface area contributed by atoms with Crippen molar-refractivity contribution >= 4 is 34.0 Å². The van der Waals surface area contributed by atoms with Gasteiger partial charge >= 0.3 is 0 Å². The number of carbonyl (C=O) groups excluding carboxylic acids is 2. The summed E-state index contributed by atoms with van der Waals surface area (Å²) < 4.78 is 18.9. The van der Waals surface area contributed by atoms with Crippen LogP contribution in [-0.2, 0) is 11.2 Å². The molecule has 1 atom stereocenters. The van der Waals surface area contributed by atoms with Crippen LogP contribution in [0.15, 0.2) is 78.9 Å². The second-order valence-corrected chi connectivity index (χ2v) is 8.89. The van der Waals surface area contributed by atoms with Crippen molar-refractivity contribution in [3.05, 3.63) is 101 Å². The van der Waals surface area contributed by atoms with Gasteiger partial charge in [-0.2, -0.15) is 0 Å². The maximum atomic E-state index is 13.1. The van der Waals surface area contributed by atoms with Crippen LogP contribution < -0.4 is 15.4 Å². The minimum Gasteiger partial charge on any atom is -0.457 e. The largest absolute Gasteiger partial charge is 0.457 e. The van der Waals surface area contributed by atoms with E-state index in [4.69, 9.17) is 4.74 Å². The van der Waals surface area contributed by atoms with Crippen LogP contribution in [0.4, 0.5) is 15.2 Å². The van der Waals surface area contributed by atoms with E-state index in [1.165, 1.54) is 35.6 Å². The molecule has 3 aromatic carbocycles. The first kappa shape index (κ1) is 21.8. The van der Waals surface area contributed by atoms with E-state index in [1.54, 1.807) is 24.3 Å². The standard InChI is InChI=1S/C26H20FN3O3S/c27-17-8-6-16(7-9-17)24(31)30-26-29-23-21(14-15-22(23)34-26)25(32)28-18-10-12-20(13-11-18)33-19-4-2-1-3-5-19/h1-13,21H,14-15H2,(H,28,32)(H,29,30,31). The lowest BCUT2D eigenvalue weighted by molar-refractivity contribution is -0.117. The molecular weight excluding hydrogens is 453 g/mol. The van der Waals surface area contributed by atoms with E-state index >= 15 is 0 Å². The van der Waals surface area contributed by atoms with Crippen LogP contribution in [0, 0.1) is 5.82 Å². The number of amides is 2. The zero-order valence-corrected chi connectivity index (χ0v) is 18.8. The summed E-state index contributed by atoms with van der Waals surface area (Å²) in [6.45, 7) is 0. The summed E-state index contributed by atoms with van der Waals surface area (Å²) in [5, 5.41) is 6.12. The van der Waals surface area contributed by atoms with Crippen molar-refractivity contribution in [2.45, 2.75) is 18.8 Å². The molecule has 1 aliphatic carbocycles. The smallest absolute Gasteiger partial charge is 0.257 e. The molecule has 0 saturated carbocycles. The summed E-state index contributed by atoms with van der Waals surface area (Å²) in [6, 6.07) is 22.0. The Kier molecular flexibility index (Phi) is 6.05. The van der Waals surface area contributed by atoms with Crippen molar-refractivity contribution in [1.82, 2.24) is 4.98 Å². The predicted octanol–water partition coefficient (Wildman–Crippen LogP) is 6.00. The number of thiazole rings is 1. The van der Waals surface area contributed by atoms with Gasteiger partial charge in [0.15, 0.2) is 5.13 Å². The van der Waals surface area contributed by atoms with Crippen molar-refractivity contribution in [2.75, 3.05) is 10.6 Å². The molecule has 0 bridgehead atoms. The average Bonchev–Trinajstić information content (AvgIpc) is 3.41. The molecule has 0 radical (unpaired) electrons. The normalized spacial score (nSPS) is 14.3. The van der Waals surface area contributed by atoms with E-state index in [2.05, 4.69) is 15.6 Å². The number of nitrogens with zero attached hydrogens (tertiary/aromatic N) is 1. The van der Waals surface area contributed by atoms with Crippen LogP contribution in [0.2, 0.25) is 0 Å². The second-order valence-electron chi connectivity index (χ2n) is 7.81. The number of fused-ring (bicyclic) bond motifs is 1. The number of halogens is 1. The number of carbonyl (C=O) groups is 2. The molecule has 1 heterocycles. The highest BCUT2D eigenvalue weighted by Gasteiger charge is 2.33. The Hall–Kier alpha value is -4.04. The highest BCUT2D eigenvalue weighted by molar-refractivity contribution is 7.16. The fraction of sp³-hybridized carbons (Fsp3) is 0.115. The van der Waals surface area contributed by atoms with Gasteiger partial charge in [-0.3, -0.25) is 14.9 Å². The maximum Gasteiger partial charge on any atom is 0.257 e. The molecule has 170 valence electrons. The van der Waals surface area contributed by atoms with Gasteiger partial charge in [-0.1, -0.05) is 18.2 Å². The highest BCUT2D eigenvalue weighted by atomic mass is 32.1. The van der Waals surface area contributed by atoms with Gasteiger partial charge < -0.3 is 10.1 Å². The molecule has 0 fully saturated rings. The lowest BCUT2D eigenvalue weighted by atomic mass is 10.1. The number of para-hydroxylation sites is 1. The van der Waals surface area contributed by atoms with Crippen molar-refractivity contribution < 1.29 is 18.7 Å². The summed E-state index contributed by atoms with van der Waals surface area (Å²) >= 11 is 1.36. The molecule has 6 nitrogen and oxygen atoms in total. The summed E-state index contributed by atoms with van der Waals surface area (Å²) in [5.74, 6) is 0.111. The highest BCUT2D eigenvalue weighted by Crippen LogP contribution is 2.39. The lowest BCUT2D eigenvalue weighted by Gasteiger charge is -2.12. The van der Waals surface area contributed by atoms with Crippen LogP contribution in [0.5, 0.6) is 11.5 Å². The van der Waals surface area contributed by atoms with E-state index in [-0.39, 0.29) is 17.7 Å². The summed E-state index contributed by atoms with van der Waals surface area (Å²) in [4.78, 5) is 30.8. The van der Waals surface area contributed by atoms with Crippen molar-refractivity contribution in [2.24, 2.45) is 0 Å². The molecule has 1 unspecified atom stereocenters. The first-order valence-electron chi connectivity index (χ1n) is 10.8. The van der Waals surface area contributed by atoms with Crippen LogP contribution >= 0.6 is 11.3 Å². The number of hydrogen-bond acceptors (Lipinski definition) is 5. The topological polar surface area (TPSA) is 80.3 Å². The Labute approximate surface area is 199 Å². The monoisotopic (exact) mass is 473 g/mol. The quantitative estimate of drug-likeness (QED) is 0.360. The Balaban J connectivity index is 1.22. The van der Waals surface area contributed by atoms with Gasteiger partial charge in [-0.25, -0.2) is 9.37 Å². The van der Waals surface area contributed by atoms with E-state index in [0.29, 0.717) is 34.2 Å². The van der Waals surface area contributed by atoms with Crippen LogP contribution in [-0.4, -0.2) is 16.8 Å². The third-order valence-corrected chi connectivity index (χ3v) is 6.51. The van der Waals surface area contributed by atoms with Crippen LogP contribution in [0.3, 0.4) is 0 Å². The van der Waals surface area contributed by atoms with E-state index in [9.17, 15) is 14.0 Å². The van der Waals surface area contributed by atoms with Gasteiger partial charge in [0, 0.05) is 16.1 Å². The van der Waals surface area contributed by atoms with E-state index in [0.717, 1.165) is 17.0 Å². The third kappa shape index (κ3) is 4.82. The number of aryl methyl sites for hydroxylation is 1. The Bertz CT molecular complexity index is 1320. The third-order valence-electron chi connectivity index (χ3n) is 5.46. The molecule has 0 spiro atoms. The molecule has 1 aromatic heterocycles. The van der Waals surface area contributed by atoms with Gasteiger partial charge in [-0.05, 0) is 73.5 Å². The molecule has 34 heavy (non-hydrogen) atoms. The summed E-state index contributed by atoms with van der Waals surface area (Å²) in [6.07, 6.45) is 1.39. The zero-order chi connectivity index (χ0) is 23.5. The summed E-state index contributed by atoms with van der Waals surface area (Å²) in [7, 11) is 0. The molecule has 2 amide bonds. The molecule has 4 aromatic rings. The van der Waals surface area contributed by atoms with Crippen molar-refractivity contribution in [3.63, 3.8) is 0 Å². The maximum absolute atomic E-state index is 13.1. The van der Waals surface area contributed by atoms with Crippen LogP contribution in [0.25, 0.3) is 0 Å². The minimum atomic E-state index is -0.406. The predicted molar refractivity (Wildman–Crippen MR) is 129 cm³/mol. The minimum absolute atomic E-state index is 0.141. The molecule has 1 aliphatic rings. The van der Waals surface area contributed by atoms with Gasteiger partial charge in [0.25, 0.3) is 5.91 Å². The van der Waals surface area contributed by atoms with E-state index < -0.39 is 5.82 Å². The summed E-state index contributed by atoms with van der Waals surface area (Å²) in [5.41, 5.74) is 1.70.